The van der Waals surface area contributed by atoms with Crippen molar-refractivity contribution in [3.8, 4) is 11.1 Å². The number of aliphatic carboxylic acids is 1. The number of hydrogen-bond donors (Lipinski definition) is 1. The second kappa shape index (κ2) is 6.95. The number of nitrogens with zero attached hydrogens (tertiary/aromatic N) is 1. The molecule has 1 N–H and O–H groups in total. The highest BCUT2D eigenvalue weighted by Gasteiger charge is 2.42. The Morgan fingerprint density at radius 2 is 1.68 bits per heavy atom. The van der Waals surface area contributed by atoms with E-state index in [-0.39, 0.29) is 25.7 Å². The second-order valence-corrected chi connectivity index (χ2v) is 7.86. The topological polar surface area (TPSA) is 76.1 Å². The number of amides is 1. The summed E-state index contributed by atoms with van der Waals surface area (Å²) in [7, 11) is 0. The number of hydrogen-bond acceptors (Lipinski definition) is 4. The number of rotatable bonds is 3. The number of ether oxygens (including phenoxy) is 2. The van der Waals surface area contributed by atoms with E-state index in [4.69, 9.17) is 9.47 Å². The average molecular weight is 381 g/mol. The summed E-state index contributed by atoms with van der Waals surface area (Å²) in [5.41, 5.74) is 3.98. The normalized spacial score (nSPS) is 20.4. The first-order valence-corrected chi connectivity index (χ1v) is 9.35. The summed E-state index contributed by atoms with van der Waals surface area (Å²) in [6, 6.07) is 16.3. The van der Waals surface area contributed by atoms with Crippen molar-refractivity contribution in [3.05, 3.63) is 59.7 Å². The van der Waals surface area contributed by atoms with Crippen LogP contribution < -0.4 is 0 Å². The molecule has 1 amide bonds. The minimum Gasteiger partial charge on any atom is -0.479 e. The number of carbonyl (C=O) groups excluding carboxylic acids is 1. The van der Waals surface area contributed by atoms with Crippen LogP contribution in [0.15, 0.2) is 48.5 Å². The summed E-state index contributed by atoms with van der Waals surface area (Å²) in [4.78, 5) is 25.5. The number of fused-ring (bicyclic) bond motifs is 3. The number of carboxylic acids is 1. The lowest BCUT2D eigenvalue weighted by Gasteiger charge is -2.43. The molecule has 1 unspecified atom stereocenters. The van der Waals surface area contributed by atoms with Gasteiger partial charge in [0.15, 0.2) is 6.10 Å². The van der Waals surface area contributed by atoms with E-state index in [0.717, 1.165) is 22.3 Å². The summed E-state index contributed by atoms with van der Waals surface area (Å²) >= 11 is 0. The Morgan fingerprint density at radius 1 is 1.11 bits per heavy atom. The van der Waals surface area contributed by atoms with Crippen molar-refractivity contribution in [1.82, 2.24) is 4.90 Å². The fourth-order valence-electron chi connectivity index (χ4n) is 3.99. The van der Waals surface area contributed by atoms with Crippen LogP contribution in [-0.4, -0.2) is 53.5 Å². The molecule has 1 fully saturated rings. The predicted octanol–water partition coefficient (Wildman–Crippen LogP) is 3.50. The Bertz CT molecular complexity index is 877. The highest BCUT2D eigenvalue weighted by Crippen LogP contribution is 2.44. The summed E-state index contributed by atoms with van der Waals surface area (Å²) in [6.07, 6.45) is -1.55. The van der Waals surface area contributed by atoms with Gasteiger partial charge < -0.3 is 14.6 Å². The minimum atomic E-state index is -1.08. The van der Waals surface area contributed by atoms with Gasteiger partial charge >= 0.3 is 12.1 Å². The SMILES string of the molecule is CC1(C)COC(C(=O)O)CN1C(=O)OCC1c2ccccc2-c2ccccc21. The maximum atomic E-state index is 12.8. The lowest BCUT2D eigenvalue weighted by Crippen LogP contribution is -2.60. The van der Waals surface area contributed by atoms with E-state index in [1.54, 1.807) is 0 Å². The van der Waals surface area contributed by atoms with E-state index < -0.39 is 23.7 Å². The van der Waals surface area contributed by atoms with Crippen molar-refractivity contribution in [2.45, 2.75) is 31.4 Å². The molecule has 1 aliphatic heterocycles. The van der Waals surface area contributed by atoms with Crippen LogP contribution >= 0.6 is 0 Å². The lowest BCUT2D eigenvalue weighted by molar-refractivity contribution is -0.162. The van der Waals surface area contributed by atoms with Crippen LogP contribution in [0.4, 0.5) is 4.79 Å². The molecule has 1 heterocycles. The second-order valence-electron chi connectivity index (χ2n) is 7.86. The Labute approximate surface area is 163 Å². The zero-order chi connectivity index (χ0) is 19.9. The molecular formula is C22H23NO5. The van der Waals surface area contributed by atoms with Crippen LogP contribution in [0.2, 0.25) is 0 Å². The van der Waals surface area contributed by atoms with Gasteiger partial charge in [0, 0.05) is 5.92 Å². The van der Waals surface area contributed by atoms with Crippen LogP contribution in [0.5, 0.6) is 0 Å². The molecular weight excluding hydrogens is 358 g/mol. The van der Waals surface area contributed by atoms with Gasteiger partial charge in [-0.15, -0.1) is 0 Å². The van der Waals surface area contributed by atoms with Crippen LogP contribution in [-0.2, 0) is 14.3 Å². The van der Waals surface area contributed by atoms with Crippen molar-refractivity contribution in [3.63, 3.8) is 0 Å². The molecule has 0 spiro atoms. The number of benzene rings is 2. The molecule has 4 rings (SSSR count). The summed E-state index contributed by atoms with van der Waals surface area (Å²) in [5, 5.41) is 9.23. The van der Waals surface area contributed by atoms with Crippen LogP contribution in [0, 0.1) is 0 Å². The van der Waals surface area contributed by atoms with Gasteiger partial charge in [0.05, 0.1) is 18.7 Å². The maximum Gasteiger partial charge on any atom is 0.410 e. The Kier molecular flexibility index (Phi) is 4.59. The van der Waals surface area contributed by atoms with E-state index in [1.807, 2.05) is 38.1 Å². The molecule has 2 aliphatic rings. The van der Waals surface area contributed by atoms with Crippen LogP contribution in [0.25, 0.3) is 11.1 Å². The standard InChI is InChI=1S/C22H23NO5/c1-22(2)13-28-19(20(24)25)11-23(22)21(26)27-12-18-16-9-5-3-7-14(16)15-8-4-6-10-17(15)18/h3-10,18-19H,11-13H2,1-2H3,(H,24,25). The quantitative estimate of drug-likeness (QED) is 0.881. The van der Waals surface area contributed by atoms with Gasteiger partial charge in [-0.1, -0.05) is 48.5 Å². The third-order valence-electron chi connectivity index (χ3n) is 5.55. The summed E-state index contributed by atoms with van der Waals surface area (Å²) in [5.74, 6) is -1.11. The smallest absolute Gasteiger partial charge is 0.410 e. The van der Waals surface area contributed by atoms with Crippen LogP contribution in [0.3, 0.4) is 0 Å². The molecule has 0 radical (unpaired) electrons. The Balaban J connectivity index is 1.53. The van der Waals surface area contributed by atoms with Crippen molar-refractivity contribution in [1.29, 1.82) is 0 Å². The predicted molar refractivity (Wildman–Crippen MR) is 103 cm³/mol. The van der Waals surface area contributed by atoms with Gasteiger partial charge in [-0.2, -0.15) is 0 Å². The third-order valence-corrected chi connectivity index (χ3v) is 5.55. The molecule has 1 saturated heterocycles. The van der Waals surface area contributed by atoms with E-state index in [2.05, 4.69) is 24.3 Å². The molecule has 28 heavy (non-hydrogen) atoms. The van der Waals surface area contributed by atoms with Crippen molar-refractivity contribution in [2.75, 3.05) is 19.8 Å². The monoisotopic (exact) mass is 381 g/mol. The molecule has 0 saturated carbocycles. The molecule has 6 nitrogen and oxygen atoms in total. The molecule has 2 aromatic rings. The maximum absolute atomic E-state index is 12.8. The van der Waals surface area contributed by atoms with Crippen molar-refractivity contribution in [2.24, 2.45) is 0 Å². The summed E-state index contributed by atoms with van der Waals surface area (Å²) < 4.78 is 11.0. The van der Waals surface area contributed by atoms with Gasteiger partial charge in [-0.25, -0.2) is 9.59 Å². The molecule has 146 valence electrons. The first-order chi connectivity index (χ1) is 13.4. The summed E-state index contributed by atoms with van der Waals surface area (Å²) in [6.45, 7) is 4.00. The Morgan fingerprint density at radius 3 is 2.25 bits per heavy atom. The van der Waals surface area contributed by atoms with Gasteiger partial charge in [0.1, 0.15) is 6.61 Å². The number of carboxylic acid groups (broad SMARTS) is 1. The zero-order valence-electron chi connectivity index (χ0n) is 15.9. The first kappa shape index (κ1) is 18.5. The van der Waals surface area contributed by atoms with E-state index in [9.17, 15) is 14.7 Å². The third kappa shape index (κ3) is 3.14. The Hall–Kier alpha value is -2.86. The fourth-order valence-corrected chi connectivity index (χ4v) is 3.99. The first-order valence-electron chi connectivity index (χ1n) is 9.35. The van der Waals surface area contributed by atoms with E-state index in [0.29, 0.717) is 0 Å². The molecule has 1 atom stereocenters. The van der Waals surface area contributed by atoms with Gasteiger partial charge in [-0.05, 0) is 36.1 Å². The van der Waals surface area contributed by atoms with E-state index in [1.165, 1.54) is 4.90 Å². The lowest BCUT2D eigenvalue weighted by atomic mass is 9.98. The number of carbonyl (C=O) groups is 2. The highest BCUT2D eigenvalue weighted by atomic mass is 16.6. The van der Waals surface area contributed by atoms with Gasteiger partial charge in [0.25, 0.3) is 0 Å². The van der Waals surface area contributed by atoms with Crippen LogP contribution in [0.1, 0.15) is 30.9 Å². The molecule has 0 bridgehead atoms. The number of morpholine rings is 1. The average Bonchev–Trinajstić information content (AvgIpc) is 2.99. The molecule has 0 aromatic heterocycles. The fraction of sp³-hybridized carbons (Fsp3) is 0.364. The molecule has 6 heteroatoms. The largest absolute Gasteiger partial charge is 0.479 e. The highest BCUT2D eigenvalue weighted by molar-refractivity contribution is 5.79. The van der Waals surface area contributed by atoms with Crippen molar-refractivity contribution >= 4 is 12.1 Å². The zero-order valence-corrected chi connectivity index (χ0v) is 15.9. The van der Waals surface area contributed by atoms with Gasteiger partial charge in [0.2, 0.25) is 0 Å². The molecule has 2 aromatic carbocycles. The minimum absolute atomic E-state index is 0.0288. The molecule has 1 aliphatic carbocycles. The van der Waals surface area contributed by atoms with Crippen molar-refractivity contribution < 1.29 is 24.2 Å². The van der Waals surface area contributed by atoms with E-state index >= 15 is 0 Å². The van der Waals surface area contributed by atoms with Gasteiger partial charge in [-0.3, -0.25) is 4.90 Å².